The van der Waals surface area contributed by atoms with Crippen molar-refractivity contribution in [2.24, 2.45) is 0 Å². The van der Waals surface area contributed by atoms with Gasteiger partial charge in [0.25, 0.3) is 0 Å². The molecule has 0 bridgehead atoms. The molecule has 3 aromatic rings. The molecule has 0 saturated carbocycles. The number of hydrogen-bond acceptors (Lipinski definition) is 7. The SMILES string of the molecule is CC[C@@]1(C)Cc2c(sc3nc(SC)nc(SCC(=O)Nc4ccc(C)cc4)c23)CO1. The minimum Gasteiger partial charge on any atom is -0.369 e. The number of rotatable bonds is 6. The van der Waals surface area contributed by atoms with Gasteiger partial charge in [-0.2, -0.15) is 0 Å². The molecule has 1 aliphatic rings. The molecule has 1 amide bonds. The van der Waals surface area contributed by atoms with Gasteiger partial charge in [-0.15, -0.1) is 11.3 Å². The lowest BCUT2D eigenvalue weighted by Crippen LogP contribution is -2.33. The van der Waals surface area contributed by atoms with Crippen molar-refractivity contribution in [3.63, 3.8) is 0 Å². The van der Waals surface area contributed by atoms with E-state index in [0.717, 1.165) is 38.9 Å². The number of aryl methyl sites for hydroxylation is 1. The number of aromatic nitrogens is 2. The van der Waals surface area contributed by atoms with Crippen molar-refractivity contribution in [3.05, 3.63) is 40.3 Å². The maximum absolute atomic E-state index is 12.5. The van der Waals surface area contributed by atoms with Crippen LogP contribution in [0.15, 0.2) is 34.4 Å². The molecule has 4 rings (SSSR count). The molecular formula is C22H25N3O2S3. The van der Waals surface area contributed by atoms with Crippen molar-refractivity contribution in [1.29, 1.82) is 0 Å². The minimum atomic E-state index is -0.163. The van der Waals surface area contributed by atoms with Crippen molar-refractivity contribution >= 4 is 56.7 Å². The number of thioether (sulfide) groups is 2. The summed E-state index contributed by atoms with van der Waals surface area (Å²) in [5, 5.41) is 5.70. The normalized spacial score (nSPS) is 18.4. The Kier molecular flexibility index (Phi) is 6.39. The van der Waals surface area contributed by atoms with Gasteiger partial charge in [0.15, 0.2) is 5.16 Å². The summed E-state index contributed by atoms with van der Waals surface area (Å²) in [6.45, 7) is 6.97. The molecule has 30 heavy (non-hydrogen) atoms. The average Bonchev–Trinajstić information content (AvgIpc) is 3.11. The number of carbonyl (C=O) groups excluding carboxylic acids is 1. The molecular weight excluding hydrogens is 434 g/mol. The molecule has 0 spiro atoms. The van der Waals surface area contributed by atoms with Gasteiger partial charge in [0.1, 0.15) is 9.86 Å². The highest BCUT2D eigenvalue weighted by Crippen LogP contribution is 2.43. The average molecular weight is 460 g/mol. The van der Waals surface area contributed by atoms with Gasteiger partial charge in [-0.25, -0.2) is 9.97 Å². The summed E-state index contributed by atoms with van der Waals surface area (Å²) in [5.74, 6) is 0.270. The Morgan fingerprint density at radius 2 is 2.07 bits per heavy atom. The zero-order valence-electron chi connectivity index (χ0n) is 17.6. The monoisotopic (exact) mass is 459 g/mol. The number of nitrogens with one attached hydrogen (secondary N) is 1. The fraction of sp³-hybridized carbons (Fsp3) is 0.409. The molecule has 3 heterocycles. The second-order valence-corrected chi connectivity index (χ2v) is 10.5. The van der Waals surface area contributed by atoms with Gasteiger partial charge >= 0.3 is 0 Å². The largest absolute Gasteiger partial charge is 0.369 e. The number of hydrogen-bond donors (Lipinski definition) is 1. The molecule has 0 unspecified atom stereocenters. The lowest BCUT2D eigenvalue weighted by Gasteiger charge is -2.33. The van der Waals surface area contributed by atoms with Crippen LogP contribution in [-0.2, 0) is 22.6 Å². The first-order chi connectivity index (χ1) is 14.4. The van der Waals surface area contributed by atoms with E-state index in [9.17, 15) is 4.79 Å². The number of anilines is 1. The van der Waals surface area contributed by atoms with Gasteiger partial charge in [-0.3, -0.25) is 4.79 Å². The van der Waals surface area contributed by atoms with Crippen LogP contribution in [0.25, 0.3) is 10.2 Å². The van der Waals surface area contributed by atoms with E-state index in [-0.39, 0.29) is 11.5 Å². The van der Waals surface area contributed by atoms with Crippen LogP contribution in [-0.4, -0.2) is 33.5 Å². The predicted octanol–water partition coefficient (Wildman–Crippen LogP) is 5.69. The molecule has 2 aromatic heterocycles. The standard InChI is InChI=1S/C22H25N3O2S3/c1-5-22(3)10-15-16(11-27-22)30-20-18(15)19(24-21(25-20)28-4)29-12-17(26)23-14-8-6-13(2)7-9-14/h6-9H,5,10-12H2,1-4H3,(H,23,26)/t22-/m0/s1. The first-order valence-corrected chi connectivity index (χ1v) is 12.9. The Hall–Kier alpha value is -1.61. The highest BCUT2D eigenvalue weighted by molar-refractivity contribution is 8.00. The molecule has 1 N–H and O–H groups in total. The maximum atomic E-state index is 12.5. The van der Waals surface area contributed by atoms with Gasteiger partial charge in [0.2, 0.25) is 5.91 Å². The summed E-state index contributed by atoms with van der Waals surface area (Å²) in [7, 11) is 0. The molecule has 1 atom stereocenters. The van der Waals surface area contributed by atoms with Crippen LogP contribution in [0.2, 0.25) is 0 Å². The van der Waals surface area contributed by atoms with E-state index in [1.165, 1.54) is 39.5 Å². The molecule has 5 nitrogen and oxygen atoms in total. The summed E-state index contributed by atoms with van der Waals surface area (Å²) in [5.41, 5.74) is 3.11. The highest BCUT2D eigenvalue weighted by Gasteiger charge is 2.33. The van der Waals surface area contributed by atoms with Crippen LogP contribution >= 0.6 is 34.9 Å². The van der Waals surface area contributed by atoms with Crippen molar-refractivity contribution in [3.8, 4) is 0 Å². The van der Waals surface area contributed by atoms with Crippen LogP contribution in [0.4, 0.5) is 5.69 Å². The second kappa shape index (κ2) is 8.86. The molecule has 0 aliphatic carbocycles. The number of nitrogens with zero attached hydrogens (tertiary/aromatic N) is 2. The molecule has 158 valence electrons. The van der Waals surface area contributed by atoms with E-state index < -0.39 is 0 Å². The fourth-order valence-corrected chi connectivity index (χ4v) is 5.91. The number of ether oxygens (including phenoxy) is 1. The molecule has 0 radical (unpaired) electrons. The molecule has 0 saturated heterocycles. The zero-order valence-corrected chi connectivity index (χ0v) is 20.0. The van der Waals surface area contributed by atoms with Crippen LogP contribution in [0.3, 0.4) is 0 Å². The summed E-state index contributed by atoms with van der Waals surface area (Å²) in [4.78, 5) is 24.3. The maximum Gasteiger partial charge on any atom is 0.234 e. The Morgan fingerprint density at radius 1 is 1.30 bits per heavy atom. The Bertz CT molecular complexity index is 1080. The Morgan fingerprint density at radius 3 is 2.77 bits per heavy atom. The Labute approximate surface area is 189 Å². The number of benzene rings is 1. The quantitative estimate of drug-likeness (QED) is 0.290. The third-order valence-electron chi connectivity index (χ3n) is 5.39. The molecule has 0 fully saturated rings. The van der Waals surface area contributed by atoms with E-state index in [1.807, 2.05) is 37.4 Å². The van der Waals surface area contributed by atoms with Gasteiger partial charge in [-0.05, 0) is 44.2 Å². The lowest BCUT2D eigenvalue weighted by molar-refractivity contribution is -0.113. The van der Waals surface area contributed by atoms with Gasteiger partial charge in [-0.1, -0.05) is 48.1 Å². The lowest BCUT2D eigenvalue weighted by atomic mass is 9.90. The summed E-state index contributed by atoms with van der Waals surface area (Å²) < 4.78 is 6.13. The van der Waals surface area contributed by atoms with E-state index in [4.69, 9.17) is 14.7 Å². The zero-order chi connectivity index (χ0) is 21.3. The predicted molar refractivity (Wildman–Crippen MR) is 127 cm³/mol. The van der Waals surface area contributed by atoms with Gasteiger partial charge < -0.3 is 10.1 Å². The van der Waals surface area contributed by atoms with Gasteiger partial charge in [0.05, 0.1) is 18.0 Å². The summed E-state index contributed by atoms with van der Waals surface area (Å²) >= 11 is 4.70. The highest BCUT2D eigenvalue weighted by atomic mass is 32.2. The van der Waals surface area contributed by atoms with Crippen LogP contribution in [0.5, 0.6) is 0 Å². The second-order valence-electron chi connectivity index (χ2n) is 7.67. The van der Waals surface area contributed by atoms with Crippen molar-refractivity contribution < 1.29 is 9.53 Å². The van der Waals surface area contributed by atoms with Crippen LogP contribution < -0.4 is 5.32 Å². The van der Waals surface area contributed by atoms with Crippen LogP contribution in [0, 0.1) is 6.92 Å². The minimum absolute atomic E-state index is 0.0351. The van der Waals surface area contributed by atoms with Crippen LogP contribution in [0.1, 0.15) is 36.3 Å². The smallest absolute Gasteiger partial charge is 0.234 e. The third kappa shape index (κ3) is 4.51. The fourth-order valence-electron chi connectivity index (χ4n) is 3.41. The summed E-state index contributed by atoms with van der Waals surface area (Å²) in [6.07, 6.45) is 3.78. The molecule has 1 aliphatic heterocycles. The van der Waals surface area contributed by atoms with Crippen molar-refractivity contribution in [2.75, 3.05) is 17.3 Å². The van der Waals surface area contributed by atoms with Crippen molar-refractivity contribution in [1.82, 2.24) is 9.97 Å². The third-order valence-corrected chi connectivity index (χ3v) is 8.01. The number of thiophene rings is 1. The van der Waals surface area contributed by atoms with Gasteiger partial charge in [0, 0.05) is 22.4 Å². The molecule has 8 heteroatoms. The topological polar surface area (TPSA) is 64.1 Å². The van der Waals surface area contributed by atoms with E-state index in [1.54, 1.807) is 11.3 Å². The summed E-state index contributed by atoms with van der Waals surface area (Å²) in [6, 6.07) is 7.83. The van der Waals surface area contributed by atoms with E-state index in [0.29, 0.717) is 12.4 Å². The number of fused-ring (bicyclic) bond motifs is 3. The first-order valence-electron chi connectivity index (χ1n) is 9.90. The van der Waals surface area contributed by atoms with E-state index in [2.05, 4.69) is 19.2 Å². The Balaban J connectivity index is 1.60. The number of carbonyl (C=O) groups is 1. The van der Waals surface area contributed by atoms with Crippen molar-refractivity contribution in [2.45, 2.75) is 56.0 Å². The first kappa shape index (κ1) is 21.6. The number of amides is 1. The van der Waals surface area contributed by atoms with E-state index >= 15 is 0 Å². The molecule has 1 aromatic carbocycles.